The summed E-state index contributed by atoms with van der Waals surface area (Å²) in [6, 6.07) is 0. The average molecular weight is 122 g/mol. The van der Waals surface area contributed by atoms with E-state index in [1.807, 2.05) is 0 Å². The molecule has 5 heteroatoms. The van der Waals surface area contributed by atoms with Gasteiger partial charge in [-0.2, -0.15) is 4.39 Å². The monoisotopic (exact) mass is 122 g/mol. The van der Waals surface area contributed by atoms with E-state index in [1.165, 1.54) is 0 Å². The number of aromatic nitrogens is 2. The third kappa shape index (κ3) is 0.661. The van der Waals surface area contributed by atoms with Crippen molar-refractivity contribution < 1.29 is 13.3 Å². The van der Waals surface area contributed by atoms with Crippen LogP contribution in [0.4, 0.5) is 13.3 Å². The summed E-state index contributed by atoms with van der Waals surface area (Å²) in [5.41, 5.74) is 0. The van der Waals surface area contributed by atoms with Gasteiger partial charge in [-0.1, -0.05) is 9.39 Å². The molecule has 0 unspecified atom stereocenters. The van der Waals surface area contributed by atoms with Crippen LogP contribution in [0.25, 0.3) is 0 Å². The highest BCUT2D eigenvalue weighted by molar-refractivity contribution is 4.85. The fraction of sp³-hybridized carbons (Fsp3) is 0. The van der Waals surface area contributed by atoms with Gasteiger partial charge in [0.05, 0.1) is 6.20 Å². The van der Waals surface area contributed by atoms with E-state index in [2.05, 4.69) is 5.10 Å². The van der Waals surface area contributed by atoms with Gasteiger partial charge in [0.15, 0.2) is 0 Å². The lowest BCUT2D eigenvalue weighted by Gasteiger charge is -1.70. The van der Waals surface area contributed by atoms with E-state index in [0.717, 1.165) is 0 Å². The topological polar surface area (TPSA) is 17.8 Å². The van der Waals surface area contributed by atoms with Crippen molar-refractivity contribution in [1.29, 1.82) is 0 Å². The van der Waals surface area contributed by atoms with Crippen molar-refractivity contribution in [2.45, 2.75) is 0 Å². The number of hydrogen-bond donors (Lipinski definition) is 0. The molecule has 0 aliphatic rings. The van der Waals surface area contributed by atoms with Crippen molar-refractivity contribution in [1.82, 2.24) is 10.0 Å². The summed E-state index contributed by atoms with van der Waals surface area (Å²) in [4.78, 5) is -0.426. The first kappa shape index (κ1) is 5.14. The maximum absolute atomic E-state index is 11.6. The lowest BCUT2D eigenvalue weighted by atomic mass is 10.7. The lowest BCUT2D eigenvalue weighted by Crippen LogP contribution is -1.80. The van der Waals surface area contributed by atoms with Crippen LogP contribution in [0.1, 0.15) is 0 Å². The van der Waals surface area contributed by atoms with Gasteiger partial charge >= 0.3 is 0 Å². The lowest BCUT2D eigenvalue weighted by molar-refractivity contribution is 0.303. The van der Waals surface area contributed by atoms with E-state index in [-0.39, 0.29) is 0 Å². The second kappa shape index (κ2) is 1.50. The molecule has 2 nitrogen and oxygen atoms in total. The highest BCUT2D eigenvalue weighted by Gasteiger charge is 2.04. The van der Waals surface area contributed by atoms with E-state index < -0.39 is 16.7 Å². The summed E-state index contributed by atoms with van der Waals surface area (Å²) < 4.78 is 34.7. The maximum Gasteiger partial charge on any atom is 0.271 e. The zero-order valence-electron chi connectivity index (χ0n) is 3.61. The highest BCUT2D eigenvalue weighted by Crippen LogP contribution is 1.99. The number of nitrogens with zero attached hydrogens (tertiary/aromatic N) is 2. The van der Waals surface area contributed by atoms with Crippen molar-refractivity contribution in [3.63, 3.8) is 0 Å². The Balaban J connectivity index is 3.14. The smallest absolute Gasteiger partial charge is 0.200 e. The SMILES string of the molecule is Fc1cn(F)nc1F. The molecule has 0 N–H and O–H groups in total. The molecule has 0 saturated carbocycles. The summed E-state index contributed by atoms with van der Waals surface area (Å²) in [5, 5.41) is 2.42. The van der Waals surface area contributed by atoms with Crippen LogP contribution in [-0.4, -0.2) is 10.0 Å². The molecule has 0 fully saturated rings. The minimum Gasteiger partial charge on any atom is -0.200 e. The summed E-state index contributed by atoms with van der Waals surface area (Å²) in [7, 11) is 0. The molecule has 0 aromatic carbocycles. The third-order valence-corrected chi connectivity index (χ3v) is 0.600. The van der Waals surface area contributed by atoms with Crippen LogP contribution in [0.2, 0.25) is 0 Å². The van der Waals surface area contributed by atoms with Crippen LogP contribution in [0.5, 0.6) is 0 Å². The second-order valence-corrected chi connectivity index (χ2v) is 1.16. The standard InChI is InChI=1S/C3HF3N2/c4-2-1-8(6)7-3(2)5/h1H. The van der Waals surface area contributed by atoms with Gasteiger partial charge in [-0.05, 0) is 0 Å². The molecule has 1 heterocycles. The van der Waals surface area contributed by atoms with E-state index >= 15 is 0 Å². The van der Waals surface area contributed by atoms with Gasteiger partial charge in [0.2, 0.25) is 5.82 Å². The maximum atomic E-state index is 11.6. The van der Waals surface area contributed by atoms with E-state index in [0.29, 0.717) is 6.20 Å². The molecule has 0 atom stereocenters. The third-order valence-electron chi connectivity index (χ3n) is 0.600. The Hall–Kier alpha value is -1.00. The Labute approximate surface area is 42.5 Å². The van der Waals surface area contributed by atoms with Gasteiger partial charge in [0.25, 0.3) is 5.95 Å². The van der Waals surface area contributed by atoms with Crippen molar-refractivity contribution in [3.05, 3.63) is 18.0 Å². The summed E-state index contributed by atoms with van der Waals surface area (Å²) in [5.74, 6) is -2.71. The Morgan fingerprint density at radius 2 is 2.12 bits per heavy atom. The molecule has 1 rings (SSSR count). The molecule has 0 amide bonds. The normalized spacial score (nSPS) is 9.88. The highest BCUT2D eigenvalue weighted by atomic mass is 19.2. The number of hydrogen-bond acceptors (Lipinski definition) is 1. The molecule has 0 bridgehead atoms. The van der Waals surface area contributed by atoms with Crippen molar-refractivity contribution in [2.24, 2.45) is 0 Å². The van der Waals surface area contributed by atoms with E-state index in [4.69, 9.17) is 0 Å². The van der Waals surface area contributed by atoms with Gasteiger partial charge < -0.3 is 0 Å². The molecule has 0 radical (unpaired) electrons. The molecule has 0 spiro atoms. The summed E-state index contributed by atoms with van der Waals surface area (Å²) >= 11 is 0. The average Bonchev–Trinajstić information content (AvgIpc) is 1.85. The molecular weight excluding hydrogens is 121 g/mol. The molecular formula is C3HF3N2. The minimum absolute atomic E-state index is 0.301. The first-order chi connectivity index (χ1) is 3.70. The van der Waals surface area contributed by atoms with Gasteiger partial charge in [0, 0.05) is 0 Å². The fourth-order valence-corrected chi connectivity index (χ4v) is 0.307. The van der Waals surface area contributed by atoms with Crippen LogP contribution < -0.4 is 0 Å². The molecule has 1 aromatic heterocycles. The van der Waals surface area contributed by atoms with Gasteiger partial charge in [0.1, 0.15) is 0 Å². The van der Waals surface area contributed by atoms with Gasteiger partial charge in [-0.25, -0.2) is 4.39 Å². The van der Waals surface area contributed by atoms with Crippen LogP contribution in [-0.2, 0) is 0 Å². The minimum atomic E-state index is -1.42. The second-order valence-electron chi connectivity index (χ2n) is 1.16. The molecule has 0 aliphatic heterocycles. The zero-order valence-corrected chi connectivity index (χ0v) is 3.61. The first-order valence-electron chi connectivity index (χ1n) is 1.77. The fourth-order valence-electron chi connectivity index (χ4n) is 0.307. The predicted octanol–water partition coefficient (Wildman–Crippen LogP) is 0.894. The van der Waals surface area contributed by atoms with E-state index in [1.54, 1.807) is 0 Å². The van der Waals surface area contributed by atoms with Crippen LogP contribution in [0.15, 0.2) is 6.20 Å². The van der Waals surface area contributed by atoms with E-state index in [9.17, 15) is 13.3 Å². The predicted molar refractivity (Wildman–Crippen MR) is 18.6 cm³/mol. The zero-order chi connectivity index (χ0) is 6.15. The number of rotatable bonds is 0. The van der Waals surface area contributed by atoms with Crippen LogP contribution in [0, 0.1) is 11.8 Å². The molecule has 1 aromatic rings. The summed E-state index contributed by atoms with van der Waals surface area (Å²) in [6.45, 7) is 0. The van der Waals surface area contributed by atoms with Crippen molar-refractivity contribution >= 4 is 0 Å². The largest absolute Gasteiger partial charge is 0.271 e. The molecule has 0 aliphatic carbocycles. The quantitative estimate of drug-likeness (QED) is 0.499. The van der Waals surface area contributed by atoms with Crippen LogP contribution in [0.3, 0.4) is 0 Å². The first-order valence-corrected chi connectivity index (χ1v) is 1.77. The van der Waals surface area contributed by atoms with Crippen molar-refractivity contribution in [3.8, 4) is 0 Å². The number of halogens is 3. The molecule has 8 heavy (non-hydrogen) atoms. The Morgan fingerprint density at radius 3 is 2.25 bits per heavy atom. The van der Waals surface area contributed by atoms with Gasteiger partial charge in [-0.15, -0.1) is 5.10 Å². The Morgan fingerprint density at radius 1 is 1.50 bits per heavy atom. The molecule has 0 saturated heterocycles. The summed E-state index contributed by atoms with van der Waals surface area (Å²) in [6.07, 6.45) is 0.301. The van der Waals surface area contributed by atoms with Crippen molar-refractivity contribution in [2.75, 3.05) is 0 Å². The Kier molecular flexibility index (Phi) is 0.964. The van der Waals surface area contributed by atoms with Gasteiger partial charge in [-0.3, -0.25) is 0 Å². The Bertz CT molecular complexity index is 175. The molecule has 44 valence electrons. The van der Waals surface area contributed by atoms with Crippen LogP contribution >= 0.6 is 0 Å².